The first-order chi connectivity index (χ1) is 10.0. The summed E-state index contributed by atoms with van der Waals surface area (Å²) in [7, 11) is -3.49. The molecule has 0 amide bonds. The van der Waals surface area contributed by atoms with Gasteiger partial charge in [0.05, 0.1) is 6.54 Å². The average Bonchev–Trinajstić information content (AvgIpc) is 3.33. The molecular formula is C15H22N2O3S. The monoisotopic (exact) mass is 310 g/mol. The van der Waals surface area contributed by atoms with Gasteiger partial charge >= 0.3 is 0 Å². The summed E-state index contributed by atoms with van der Waals surface area (Å²) in [5, 5.41) is 3.34. The average molecular weight is 310 g/mol. The van der Waals surface area contributed by atoms with E-state index in [0.717, 1.165) is 12.8 Å². The number of hydrogen-bond donors (Lipinski definition) is 1. The van der Waals surface area contributed by atoms with Crippen molar-refractivity contribution in [3.63, 3.8) is 0 Å². The van der Waals surface area contributed by atoms with Crippen LogP contribution < -0.4 is 5.32 Å². The smallest absolute Gasteiger partial charge is 0.247 e. The summed E-state index contributed by atoms with van der Waals surface area (Å²) in [6, 6.07) is 2.35. The largest absolute Gasteiger partial charge is 0.464 e. The van der Waals surface area contributed by atoms with E-state index in [0.29, 0.717) is 35.5 Å². The zero-order valence-electron chi connectivity index (χ0n) is 12.3. The molecule has 5 nitrogen and oxygen atoms in total. The highest BCUT2D eigenvalue weighted by Gasteiger charge is 2.39. The second-order valence-corrected chi connectivity index (χ2v) is 7.74. The lowest BCUT2D eigenvalue weighted by atomic mass is 10.4. The maximum atomic E-state index is 12.8. The van der Waals surface area contributed by atoms with Crippen LogP contribution >= 0.6 is 0 Å². The molecule has 2 aliphatic rings. The van der Waals surface area contributed by atoms with Gasteiger partial charge in [0.15, 0.2) is 0 Å². The molecule has 1 aromatic rings. The minimum Gasteiger partial charge on any atom is -0.464 e. The molecule has 0 unspecified atom stereocenters. The maximum Gasteiger partial charge on any atom is 0.247 e. The van der Waals surface area contributed by atoms with Gasteiger partial charge in [-0.3, -0.25) is 0 Å². The van der Waals surface area contributed by atoms with Gasteiger partial charge < -0.3 is 9.73 Å². The summed E-state index contributed by atoms with van der Waals surface area (Å²) in [6.07, 6.45) is 5.89. The molecule has 2 saturated carbocycles. The molecule has 0 atom stereocenters. The predicted octanol–water partition coefficient (Wildman–Crippen LogP) is 2.18. The highest BCUT2D eigenvalue weighted by molar-refractivity contribution is 7.89. The Morgan fingerprint density at radius 1 is 1.43 bits per heavy atom. The Balaban J connectivity index is 1.81. The molecule has 0 spiro atoms. The van der Waals surface area contributed by atoms with Gasteiger partial charge in [0.2, 0.25) is 10.0 Å². The predicted molar refractivity (Wildman–Crippen MR) is 80.4 cm³/mol. The lowest BCUT2D eigenvalue weighted by Crippen LogP contribution is -2.33. The van der Waals surface area contributed by atoms with E-state index < -0.39 is 10.0 Å². The molecule has 21 heavy (non-hydrogen) atoms. The Morgan fingerprint density at radius 2 is 2.14 bits per heavy atom. The van der Waals surface area contributed by atoms with Crippen LogP contribution in [-0.2, 0) is 16.6 Å². The van der Waals surface area contributed by atoms with Crippen LogP contribution in [-0.4, -0.2) is 31.4 Å². The molecule has 0 radical (unpaired) electrons. The second kappa shape index (κ2) is 5.59. The van der Waals surface area contributed by atoms with Gasteiger partial charge in [-0.1, -0.05) is 6.08 Å². The fourth-order valence-corrected chi connectivity index (χ4v) is 4.30. The molecule has 1 aromatic heterocycles. The van der Waals surface area contributed by atoms with Crippen LogP contribution in [0.25, 0.3) is 0 Å². The van der Waals surface area contributed by atoms with Gasteiger partial charge in [0.1, 0.15) is 16.4 Å². The number of aryl methyl sites for hydroxylation is 1. The van der Waals surface area contributed by atoms with Crippen LogP contribution in [0.1, 0.15) is 37.2 Å². The Kier molecular flexibility index (Phi) is 3.94. The number of rotatable bonds is 8. The highest BCUT2D eigenvalue weighted by Crippen LogP contribution is 2.33. The fraction of sp³-hybridized carbons (Fsp3) is 0.600. The Labute approximate surface area is 126 Å². The van der Waals surface area contributed by atoms with Crippen molar-refractivity contribution in [1.82, 2.24) is 9.62 Å². The number of furan rings is 1. The van der Waals surface area contributed by atoms with Crippen molar-refractivity contribution in [3.05, 3.63) is 30.2 Å². The molecule has 0 bridgehead atoms. The second-order valence-electron chi connectivity index (χ2n) is 5.88. The van der Waals surface area contributed by atoms with E-state index in [9.17, 15) is 8.42 Å². The van der Waals surface area contributed by atoms with Crippen molar-refractivity contribution in [2.45, 2.75) is 56.1 Å². The van der Waals surface area contributed by atoms with E-state index in [1.165, 1.54) is 17.1 Å². The molecule has 2 aliphatic carbocycles. The topological polar surface area (TPSA) is 62.6 Å². The summed E-state index contributed by atoms with van der Waals surface area (Å²) >= 11 is 0. The third-order valence-corrected chi connectivity index (χ3v) is 5.94. The summed E-state index contributed by atoms with van der Waals surface area (Å²) in [6.45, 7) is 6.32. The first-order valence-electron chi connectivity index (χ1n) is 7.48. The summed E-state index contributed by atoms with van der Waals surface area (Å²) in [4.78, 5) is 0.295. The molecule has 6 heteroatoms. The van der Waals surface area contributed by atoms with Crippen molar-refractivity contribution in [2.75, 3.05) is 6.54 Å². The van der Waals surface area contributed by atoms with Crippen molar-refractivity contribution in [2.24, 2.45) is 0 Å². The fourth-order valence-electron chi connectivity index (χ4n) is 2.46. The molecule has 116 valence electrons. The minimum atomic E-state index is -3.49. The Hall–Kier alpha value is -1.11. The third-order valence-electron chi connectivity index (χ3n) is 3.92. The maximum absolute atomic E-state index is 12.8. The van der Waals surface area contributed by atoms with Crippen LogP contribution in [0.3, 0.4) is 0 Å². The zero-order chi connectivity index (χ0) is 15.0. The molecule has 1 N–H and O–H groups in total. The first kappa shape index (κ1) is 14.8. The first-order valence-corrected chi connectivity index (χ1v) is 8.92. The lowest BCUT2D eigenvalue weighted by molar-refractivity contribution is 0.429. The van der Waals surface area contributed by atoms with Crippen molar-refractivity contribution >= 4 is 10.0 Å². The van der Waals surface area contributed by atoms with Gasteiger partial charge in [-0.25, -0.2) is 8.42 Å². The van der Waals surface area contributed by atoms with Crippen molar-refractivity contribution < 1.29 is 12.8 Å². The number of nitrogens with zero attached hydrogens (tertiary/aromatic N) is 1. The van der Waals surface area contributed by atoms with E-state index >= 15 is 0 Å². The normalized spacial score (nSPS) is 19.1. The minimum absolute atomic E-state index is 0.121. The molecule has 2 fully saturated rings. The number of hydrogen-bond acceptors (Lipinski definition) is 4. The van der Waals surface area contributed by atoms with Gasteiger partial charge in [-0.15, -0.1) is 6.58 Å². The van der Waals surface area contributed by atoms with Crippen LogP contribution in [0, 0.1) is 6.92 Å². The lowest BCUT2D eigenvalue weighted by Gasteiger charge is -2.19. The van der Waals surface area contributed by atoms with Gasteiger partial charge in [-0.2, -0.15) is 4.31 Å². The summed E-state index contributed by atoms with van der Waals surface area (Å²) in [5.41, 5.74) is 0. The Bertz CT molecular complexity index is 627. The van der Waals surface area contributed by atoms with Gasteiger partial charge in [0, 0.05) is 24.7 Å². The third kappa shape index (κ3) is 3.22. The summed E-state index contributed by atoms with van der Waals surface area (Å²) in [5.74, 6) is 1.16. The van der Waals surface area contributed by atoms with E-state index in [-0.39, 0.29) is 6.04 Å². The zero-order valence-corrected chi connectivity index (χ0v) is 13.2. The quantitative estimate of drug-likeness (QED) is 0.748. The van der Waals surface area contributed by atoms with Crippen LogP contribution in [0.5, 0.6) is 0 Å². The number of sulfonamides is 1. The van der Waals surface area contributed by atoms with Crippen molar-refractivity contribution in [3.8, 4) is 0 Å². The molecule has 3 rings (SSSR count). The van der Waals surface area contributed by atoms with E-state index in [4.69, 9.17) is 4.42 Å². The van der Waals surface area contributed by atoms with Crippen LogP contribution in [0.15, 0.2) is 28.0 Å². The SMILES string of the molecule is C=CCN(C1CC1)S(=O)(=O)c1cc(CNC2CC2)oc1C. The van der Waals surface area contributed by atoms with Gasteiger partial charge in [0.25, 0.3) is 0 Å². The highest BCUT2D eigenvalue weighted by atomic mass is 32.2. The summed E-state index contributed by atoms with van der Waals surface area (Å²) < 4.78 is 32.7. The molecular weight excluding hydrogens is 288 g/mol. The molecule has 0 aliphatic heterocycles. The standard InChI is InChI=1S/C15H22N2O3S/c1-3-8-17(13-6-7-13)21(18,19)15-9-14(20-11(15)2)10-16-12-4-5-12/h3,9,12-13,16H,1,4-8,10H2,2H3. The molecule has 1 heterocycles. The van der Waals surface area contributed by atoms with Crippen molar-refractivity contribution in [1.29, 1.82) is 0 Å². The van der Waals surface area contributed by atoms with Crippen LogP contribution in [0.4, 0.5) is 0 Å². The Morgan fingerprint density at radius 3 is 2.71 bits per heavy atom. The molecule has 0 saturated heterocycles. The van der Waals surface area contributed by atoms with Gasteiger partial charge in [-0.05, 0) is 32.6 Å². The number of nitrogens with one attached hydrogen (secondary N) is 1. The molecule has 0 aromatic carbocycles. The van der Waals surface area contributed by atoms with E-state index in [2.05, 4.69) is 11.9 Å². The van der Waals surface area contributed by atoms with E-state index in [1.807, 2.05) is 0 Å². The van der Waals surface area contributed by atoms with Crippen LogP contribution in [0.2, 0.25) is 0 Å². The van der Waals surface area contributed by atoms with E-state index in [1.54, 1.807) is 19.1 Å².